The quantitative estimate of drug-likeness (QED) is 0.337. The van der Waals surface area contributed by atoms with Crippen molar-refractivity contribution in [1.82, 2.24) is 0 Å². The van der Waals surface area contributed by atoms with Crippen molar-refractivity contribution in [2.75, 3.05) is 0 Å². The molecule has 0 radical (unpaired) electrons. The second kappa shape index (κ2) is 4.26. The Labute approximate surface area is 101 Å². The van der Waals surface area contributed by atoms with E-state index in [0.717, 1.165) is 0 Å². The normalized spacial score (nSPS) is 9.29. The maximum Gasteiger partial charge on any atom is 0.215 e. The Morgan fingerprint density at radius 1 is 0.643 bits per heavy atom. The molecule has 0 saturated carbocycles. The third-order valence-corrected chi connectivity index (χ3v) is 3.22. The number of nitrogens with zero attached hydrogens (tertiary/aromatic N) is 2. The third kappa shape index (κ3) is 1.63. The summed E-state index contributed by atoms with van der Waals surface area (Å²) in [4.78, 5) is 6.16. The van der Waals surface area contributed by atoms with Gasteiger partial charge in [0.2, 0.25) is 11.4 Å². The van der Waals surface area contributed by atoms with E-state index in [2.05, 4.69) is 9.69 Å². The molecule has 0 unspecified atom stereocenters. The van der Waals surface area contributed by atoms with E-state index in [-0.39, 0.29) is 31.5 Å². The van der Waals surface area contributed by atoms with Crippen LogP contribution in [0.1, 0.15) is 0 Å². The van der Waals surface area contributed by atoms with Crippen molar-refractivity contribution < 1.29 is 0 Å². The topological polar surface area (TPSA) is 8.72 Å². The highest BCUT2D eigenvalue weighted by Gasteiger charge is 2.20. The molecule has 0 N–H and O–H groups in total. The van der Waals surface area contributed by atoms with Crippen LogP contribution in [0.2, 0.25) is 20.1 Å². The Bertz CT molecular complexity index is 437. The van der Waals surface area contributed by atoms with Crippen LogP contribution in [0.3, 0.4) is 0 Å². The van der Waals surface area contributed by atoms with Gasteiger partial charge < -0.3 is 0 Å². The molecule has 0 aliphatic carbocycles. The van der Waals surface area contributed by atoms with Crippen molar-refractivity contribution in [3.63, 3.8) is 0 Å². The van der Waals surface area contributed by atoms with Crippen LogP contribution >= 0.6 is 46.4 Å². The lowest BCUT2D eigenvalue weighted by molar-refractivity contribution is 1.71. The van der Waals surface area contributed by atoms with Crippen molar-refractivity contribution >= 4 is 57.8 Å². The summed E-state index contributed by atoms with van der Waals surface area (Å²) in [5, 5.41) is -0.0856. The van der Waals surface area contributed by atoms with Crippen LogP contribution in [-0.4, -0.2) is 0 Å². The van der Waals surface area contributed by atoms with Crippen molar-refractivity contribution in [2.24, 2.45) is 0 Å². The summed E-state index contributed by atoms with van der Waals surface area (Å²) in [5.74, 6) is 0. The smallest absolute Gasteiger partial charge is 0.215 e. The van der Waals surface area contributed by atoms with Gasteiger partial charge in [-0.05, 0) is 0 Å². The molecule has 0 spiro atoms. The highest BCUT2D eigenvalue weighted by molar-refractivity contribution is 6.54. The Balaban J connectivity index is 3.79. The summed E-state index contributed by atoms with van der Waals surface area (Å²) >= 11 is 22.8. The van der Waals surface area contributed by atoms with Gasteiger partial charge in [0.05, 0.1) is 33.2 Å². The second-order valence-corrected chi connectivity index (χ2v) is 3.69. The molecular weight excluding hydrogens is 266 g/mol. The second-order valence-electron chi connectivity index (χ2n) is 2.18. The maximum absolute atomic E-state index is 6.83. The minimum Gasteiger partial charge on any atom is -0.248 e. The van der Waals surface area contributed by atoms with Gasteiger partial charge in [-0.2, -0.15) is 0 Å². The van der Waals surface area contributed by atoms with Gasteiger partial charge >= 0.3 is 0 Å². The number of benzene rings is 1. The summed E-state index contributed by atoms with van der Waals surface area (Å²) < 4.78 is 0. The van der Waals surface area contributed by atoms with Crippen LogP contribution in [-0.2, 0) is 0 Å². The predicted octanol–water partition coefficient (Wildman–Crippen LogP) is 5.40. The number of hydrogen-bond acceptors (Lipinski definition) is 0. The molecule has 0 aliphatic heterocycles. The van der Waals surface area contributed by atoms with E-state index in [4.69, 9.17) is 59.5 Å². The zero-order valence-corrected chi connectivity index (χ0v) is 9.43. The number of hydrogen-bond donors (Lipinski definition) is 0. The molecule has 6 heteroatoms. The monoisotopic (exact) mass is 264 g/mol. The van der Waals surface area contributed by atoms with Gasteiger partial charge in [0.15, 0.2) is 0 Å². The van der Waals surface area contributed by atoms with E-state index in [1.807, 2.05) is 0 Å². The molecular formula is C8Cl4N2. The highest BCUT2D eigenvalue weighted by atomic mass is 35.5. The third-order valence-electron chi connectivity index (χ3n) is 1.44. The summed E-state index contributed by atoms with van der Waals surface area (Å²) in [7, 11) is 0. The zero-order chi connectivity index (χ0) is 10.9. The fourth-order valence-corrected chi connectivity index (χ4v) is 1.73. The maximum atomic E-state index is 6.83. The molecule has 1 aromatic rings. The molecule has 70 valence electrons. The SMILES string of the molecule is [C-]#[N+]c1c(Cl)c(Cl)c(Cl)c(Cl)c1[N+]#[C-]. The first kappa shape index (κ1) is 11.4. The molecule has 0 atom stereocenters. The summed E-state index contributed by atoms with van der Waals surface area (Å²) in [6.07, 6.45) is 0. The van der Waals surface area contributed by atoms with Gasteiger partial charge in [-0.1, -0.05) is 46.4 Å². The minimum absolute atomic E-state index is 0.00302. The fourth-order valence-electron chi connectivity index (χ4n) is 0.813. The zero-order valence-electron chi connectivity index (χ0n) is 6.41. The van der Waals surface area contributed by atoms with Crippen LogP contribution in [0.15, 0.2) is 0 Å². The summed E-state index contributed by atoms with van der Waals surface area (Å²) in [6, 6.07) is 0. The molecule has 0 heterocycles. The molecule has 0 fully saturated rings. The van der Waals surface area contributed by atoms with Gasteiger partial charge in [0.1, 0.15) is 0 Å². The average molecular weight is 266 g/mol. The van der Waals surface area contributed by atoms with Crippen molar-refractivity contribution in [1.29, 1.82) is 0 Å². The molecule has 0 saturated heterocycles. The van der Waals surface area contributed by atoms with Crippen LogP contribution in [0, 0.1) is 13.1 Å². The largest absolute Gasteiger partial charge is 0.248 e. The lowest BCUT2D eigenvalue weighted by Crippen LogP contribution is -1.77. The molecule has 0 amide bonds. The molecule has 0 aromatic heterocycles. The Kier molecular flexibility index (Phi) is 3.48. The molecule has 0 bridgehead atoms. The molecule has 2 nitrogen and oxygen atoms in total. The average Bonchev–Trinajstić information content (AvgIpc) is 2.20. The first-order valence-corrected chi connectivity index (χ1v) is 4.66. The van der Waals surface area contributed by atoms with Gasteiger partial charge in [-0.3, -0.25) is 0 Å². The minimum atomic E-state index is -0.0685. The molecule has 1 rings (SSSR count). The molecule has 14 heavy (non-hydrogen) atoms. The summed E-state index contributed by atoms with van der Waals surface area (Å²) in [5.41, 5.74) is -0.137. The molecule has 0 aliphatic rings. The van der Waals surface area contributed by atoms with E-state index < -0.39 is 0 Å². The van der Waals surface area contributed by atoms with E-state index in [0.29, 0.717) is 0 Å². The number of rotatable bonds is 0. The van der Waals surface area contributed by atoms with Gasteiger partial charge in [-0.25, -0.2) is 9.69 Å². The Morgan fingerprint density at radius 3 is 1.14 bits per heavy atom. The van der Waals surface area contributed by atoms with E-state index in [1.165, 1.54) is 0 Å². The van der Waals surface area contributed by atoms with Crippen LogP contribution in [0.4, 0.5) is 11.4 Å². The van der Waals surface area contributed by atoms with Crippen molar-refractivity contribution in [2.45, 2.75) is 0 Å². The van der Waals surface area contributed by atoms with Crippen LogP contribution in [0.5, 0.6) is 0 Å². The molecule has 1 aromatic carbocycles. The summed E-state index contributed by atoms with van der Waals surface area (Å²) in [6.45, 7) is 13.7. The highest BCUT2D eigenvalue weighted by Crippen LogP contribution is 2.50. The first-order valence-electron chi connectivity index (χ1n) is 3.15. The predicted molar refractivity (Wildman–Crippen MR) is 59.0 cm³/mol. The van der Waals surface area contributed by atoms with Gasteiger partial charge in [0.25, 0.3) is 0 Å². The number of halogens is 4. The standard InChI is InChI=1S/C8Cl4N2/c1-13-7-5(11)3(9)4(10)6(12)8(7)14-2. The van der Waals surface area contributed by atoms with E-state index in [9.17, 15) is 0 Å². The van der Waals surface area contributed by atoms with Crippen molar-refractivity contribution in [3.8, 4) is 0 Å². The lowest BCUT2D eigenvalue weighted by Gasteiger charge is -2.06. The Morgan fingerprint density at radius 2 is 0.929 bits per heavy atom. The van der Waals surface area contributed by atoms with Gasteiger partial charge in [0, 0.05) is 0 Å². The first-order chi connectivity index (χ1) is 6.54. The van der Waals surface area contributed by atoms with Gasteiger partial charge in [-0.15, -0.1) is 0 Å². The van der Waals surface area contributed by atoms with Crippen LogP contribution < -0.4 is 0 Å². The van der Waals surface area contributed by atoms with Crippen molar-refractivity contribution in [3.05, 3.63) is 42.9 Å². The fraction of sp³-hybridized carbons (Fsp3) is 0. The Hall–Kier alpha value is -0.640. The van der Waals surface area contributed by atoms with E-state index in [1.54, 1.807) is 0 Å². The van der Waals surface area contributed by atoms with E-state index >= 15 is 0 Å². The van der Waals surface area contributed by atoms with Crippen LogP contribution in [0.25, 0.3) is 9.69 Å². The lowest BCUT2D eigenvalue weighted by atomic mass is 10.2.